The molecule has 26 heavy (non-hydrogen) atoms. The molecule has 5 nitrogen and oxygen atoms in total. The van der Waals surface area contributed by atoms with E-state index in [1.165, 1.54) is 11.8 Å². The van der Waals surface area contributed by atoms with E-state index >= 15 is 0 Å². The van der Waals surface area contributed by atoms with Crippen LogP contribution in [0.15, 0.2) is 53.7 Å². The summed E-state index contributed by atoms with van der Waals surface area (Å²) in [6.45, 7) is 0. The van der Waals surface area contributed by atoms with Crippen molar-refractivity contribution in [1.82, 2.24) is 10.4 Å². The summed E-state index contributed by atoms with van der Waals surface area (Å²) in [6.07, 6.45) is 0. The summed E-state index contributed by atoms with van der Waals surface area (Å²) in [7, 11) is 1.81. The van der Waals surface area contributed by atoms with Gasteiger partial charge in [-0.25, -0.2) is 10.2 Å². The number of nitrogens with zero attached hydrogens (tertiary/aromatic N) is 2. The number of rotatable bonds is 3. The lowest BCUT2D eigenvalue weighted by Crippen LogP contribution is -2.47. The maximum Gasteiger partial charge on any atom is 0.365 e. The van der Waals surface area contributed by atoms with Gasteiger partial charge in [-0.1, -0.05) is 52.7 Å². The van der Waals surface area contributed by atoms with Gasteiger partial charge in [0, 0.05) is 17.1 Å². The number of benzene rings is 2. The number of halogens is 2. The third kappa shape index (κ3) is 4.55. The number of oxime groups is 1. The molecule has 3 rings (SSSR count). The van der Waals surface area contributed by atoms with E-state index in [0.717, 1.165) is 5.56 Å². The first kappa shape index (κ1) is 19.1. The summed E-state index contributed by atoms with van der Waals surface area (Å²) in [5.74, 6) is -0.575. The zero-order valence-electron chi connectivity index (χ0n) is 13.5. The summed E-state index contributed by atoms with van der Waals surface area (Å²) >= 11 is 18.3. The van der Waals surface area contributed by atoms with Crippen LogP contribution in [0.4, 0.5) is 0 Å². The van der Waals surface area contributed by atoms with Crippen LogP contribution >= 0.6 is 47.2 Å². The minimum Gasteiger partial charge on any atom is -0.312 e. The number of carbonyl (C=O) groups excluding carboxylic acids is 1. The molecule has 0 aromatic heterocycles. The van der Waals surface area contributed by atoms with Crippen LogP contribution < -0.4 is 5.43 Å². The summed E-state index contributed by atoms with van der Waals surface area (Å²) in [5.41, 5.74) is 4.48. The zero-order chi connectivity index (χ0) is 18.7. The quantitative estimate of drug-likeness (QED) is 0.437. The highest BCUT2D eigenvalue weighted by atomic mass is 35.5. The van der Waals surface area contributed by atoms with Crippen LogP contribution in [0.3, 0.4) is 0 Å². The molecule has 0 radical (unpaired) electrons. The molecule has 1 aliphatic heterocycles. The molecule has 1 aliphatic rings. The third-order valence-electron chi connectivity index (χ3n) is 3.54. The van der Waals surface area contributed by atoms with Gasteiger partial charge in [-0.05, 0) is 53.7 Å². The molecule has 9 heteroatoms. The molecule has 0 bridgehead atoms. The Morgan fingerprint density at radius 2 is 1.73 bits per heavy atom. The number of thioether (sulfide) groups is 1. The number of thiocarbonyl (C=S) groups is 1. The highest BCUT2D eigenvalue weighted by Gasteiger charge is 2.29. The van der Waals surface area contributed by atoms with Gasteiger partial charge in [-0.3, -0.25) is 5.01 Å². The number of nitrogens with one attached hydrogen (secondary N) is 1. The Labute approximate surface area is 170 Å². The van der Waals surface area contributed by atoms with Gasteiger partial charge >= 0.3 is 5.97 Å². The molecule has 1 saturated heterocycles. The maximum absolute atomic E-state index is 12.2. The second kappa shape index (κ2) is 8.37. The number of hydrogen-bond acceptors (Lipinski definition) is 6. The molecule has 0 amide bonds. The van der Waals surface area contributed by atoms with Crippen molar-refractivity contribution in [1.29, 1.82) is 0 Å². The molecule has 1 heterocycles. The molecule has 1 N–H and O–H groups in total. The summed E-state index contributed by atoms with van der Waals surface area (Å²) in [5, 5.41) is 7.45. The SMILES string of the molecule is CN1NC(c2ccc(Cl)cc2)C(=NOC(=O)c2ccc(Cl)cc2)SC1=S. The average molecular weight is 426 g/mol. The van der Waals surface area contributed by atoms with Gasteiger partial charge < -0.3 is 4.84 Å². The molecular formula is C17H13Cl2N3O2S2. The van der Waals surface area contributed by atoms with E-state index < -0.39 is 5.97 Å². The van der Waals surface area contributed by atoms with Crippen LogP contribution in [0.25, 0.3) is 0 Å². The fourth-order valence-electron chi connectivity index (χ4n) is 2.19. The van der Waals surface area contributed by atoms with Crippen molar-refractivity contribution in [3.63, 3.8) is 0 Å². The van der Waals surface area contributed by atoms with E-state index in [1.807, 2.05) is 19.2 Å². The molecule has 1 fully saturated rings. The first-order valence-electron chi connectivity index (χ1n) is 7.46. The average Bonchev–Trinajstić information content (AvgIpc) is 2.63. The Bertz CT molecular complexity index is 857. The smallest absolute Gasteiger partial charge is 0.312 e. The van der Waals surface area contributed by atoms with Crippen molar-refractivity contribution in [2.45, 2.75) is 6.04 Å². The van der Waals surface area contributed by atoms with E-state index in [9.17, 15) is 4.79 Å². The van der Waals surface area contributed by atoms with Crippen LogP contribution in [0.2, 0.25) is 10.0 Å². The second-order valence-corrected chi connectivity index (χ2v) is 7.88. The number of hydrogen-bond donors (Lipinski definition) is 1. The van der Waals surface area contributed by atoms with Crippen LogP contribution in [0.5, 0.6) is 0 Å². The van der Waals surface area contributed by atoms with Gasteiger partial charge in [0.2, 0.25) is 0 Å². The summed E-state index contributed by atoms with van der Waals surface area (Å²) < 4.78 is 0.566. The molecule has 1 atom stereocenters. The Balaban J connectivity index is 1.82. The fourth-order valence-corrected chi connectivity index (χ4v) is 3.50. The van der Waals surface area contributed by atoms with Crippen molar-refractivity contribution in [2.24, 2.45) is 5.16 Å². The predicted molar refractivity (Wildman–Crippen MR) is 110 cm³/mol. The largest absolute Gasteiger partial charge is 0.365 e. The van der Waals surface area contributed by atoms with Crippen molar-refractivity contribution in [2.75, 3.05) is 7.05 Å². The molecule has 1 unspecified atom stereocenters. The van der Waals surface area contributed by atoms with Crippen molar-refractivity contribution in [3.05, 3.63) is 69.7 Å². The fraction of sp³-hybridized carbons (Fsp3) is 0.118. The van der Waals surface area contributed by atoms with Crippen molar-refractivity contribution < 1.29 is 9.63 Å². The van der Waals surface area contributed by atoms with Gasteiger partial charge in [-0.2, -0.15) is 0 Å². The standard InChI is InChI=1S/C17H13Cl2N3O2S2/c1-22-17(25)26-15(14(20-22)10-2-6-12(18)7-3-10)21-24-16(23)11-4-8-13(19)9-5-11/h2-9,14,20H,1H3. The van der Waals surface area contributed by atoms with Gasteiger partial charge in [0.15, 0.2) is 4.32 Å². The van der Waals surface area contributed by atoms with Crippen molar-refractivity contribution in [3.8, 4) is 0 Å². The monoisotopic (exact) mass is 425 g/mol. The van der Waals surface area contributed by atoms with Gasteiger partial charge in [0.25, 0.3) is 0 Å². The van der Waals surface area contributed by atoms with E-state index in [0.29, 0.717) is 25.0 Å². The zero-order valence-corrected chi connectivity index (χ0v) is 16.6. The Morgan fingerprint density at radius 1 is 1.15 bits per heavy atom. The van der Waals surface area contributed by atoms with Crippen LogP contribution in [-0.4, -0.2) is 27.4 Å². The topological polar surface area (TPSA) is 53.9 Å². The van der Waals surface area contributed by atoms with Crippen LogP contribution in [-0.2, 0) is 4.84 Å². The lowest BCUT2D eigenvalue weighted by atomic mass is 10.1. The van der Waals surface area contributed by atoms with E-state index in [4.69, 9.17) is 40.3 Å². The Hall–Kier alpha value is -1.64. The van der Waals surface area contributed by atoms with Gasteiger partial charge in [-0.15, -0.1) is 0 Å². The second-order valence-electron chi connectivity index (χ2n) is 5.36. The Morgan fingerprint density at radius 3 is 2.35 bits per heavy atom. The molecule has 2 aromatic rings. The van der Waals surface area contributed by atoms with Crippen LogP contribution in [0, 0.1) is 0 Å². The van der Waals surface area contributed by atoms with Crippen molar-refractivity contribution >= 4 is 62.5 Å². The van der Waals surface area contributed by atoms with E-state index in [1.54, 1.807) is 41.4 Å². The summed E-state index contributed by atoms with van der Waals surface area (Å²) in [4.78, 5) is 17.3. The molecule has 0 saturated carbocycles. The molecule has 2 aromatic carbocycles. The lowest BCUT2D eigenvalue weighted by Gasteiger charge is -2.33. The highest BCUT2D eigenvalue weighted by Crippen LogP contribution is 2.29. The third-order valence-corrected chi connectivity index (χ3v) is 5.53. The molecule has 0 aliphatic carbocycles. The van der Waals surface area contributed by atoms with E-state index in [-0.39, 0.29) is 6.04 Å². The normalized spacial score (nSPS) is 18.9. The molecule has 0 spiro atoms. The van der Waals surface area contributed by atoms with Gasteiger partial charge in [0.05, 0.1) is 5.56 Å². The van der Waals surface area contributed by atoms with Gasteiger partial charge in [0.1, 0.15) is 11.1 Å². The number of hydrazine groups is 1. The maximum atomic E-state index is 12.2. The number of carbonyl (C=O) groups is 1. The first-order valence-corrected chi connectivity index (χ1v) is 9.44. The van der Waals surface area contributed by atoms with E-state index in [2.05, 4.69) is 10.6 Å². The first-order chi connectivity index (χ1) is 12.4. The highest BCUT2D eigenvalue weighted by molar-refractivity contribution is 8.33. The van der Waals surface area contributed by atoms with Crippen LogP contribution in [0.1, 0.15) is 22.0 Å². The summed E-state index contributed by atoms with van der Waals surface area (Å²) in [6, 6.07) is 13.4. The minimum atomic E-state index is -0.575. The lowest BCUT2D eigenvalue weighted by molar-refractivity contribution is 0.0515. The molecule has 134 valence electrons. The Kier molecular flexibility index (Phi) is 6.16. The molecular weight excluding hydrogens is 413 g/mol. The predicted octanol–water partition coefficient (Wildman–Crippen LogP) is 4.67. The minimum absolute atomic E-state index is 0.313.